The summed E-state index contributed by atoms with van der Waals surface area (Å²) in [6.45, 7) is 7.66. The second-order valence-electron chi connectivity index (χ2n) is 7.49. The van der Waals surface area contributed by atoms with Crippen molar-refractivity contribution in [1.82, 2.24) is 5.32 Å². The number of alkyl carbamates (subject to hydrolysis) is 1. The molecule has 0 aliphatic carbocycles. The molecule has 0 fully saturated rings. The number of allylic oxidation sites excluding steroid dienone is 1. The molecule has 0 radical (unpaired) electrons. The van der Waals surface area contributed by atoms with Crippen LogP contribution >= 0.6 is 0 Å². The van der Waals surface area contributed by atoms with Crippen molar-refractivity contribution in [3.05, 3.63) is 48.0 Å². The van der Waals surface area contributed by atoms with Crippen LogP contribution in [0.4, 0.5) is 4.79 Å². The highest BCUT2D eigenvalue weighted by molar-refractivity contribution is 5.83. The van der Waals surface area contributed by atoms with Gasteiger partial charge in [0.1, 0.15) is 18.2 Å². The summed E-state index contributed by atoms with van der Waals surface area (Å²) in [6, 6.07) is 8.57. The topological polar surface area (TPSA) is 64.6 Å². The molecule has 27 heavy (non-hydrogen) atoms. The van der Waals surface area contributed by atoms with E-state index in [9.17, 15) is 9.59 Å². The fourth-order valence-electron chi connectivity index (χ4n) is 2.36. The summed E-state index contributed by atoms with van der Waals surface area (Å²) in [5.41, 5.74) is 0.261. The van der Waals surface area contributed by atoms with Crippen molar-refractivity contribution in [3.63, 3.8) is 0 Å². The number of amides is 1. The van der Waals surface area contributed by atoms with E-state index in [2.05, 4.69) is 12.2 Å². The van der Waals surface area contributed by atoms with Gasteiger partial charge in [0.15, 0.2) is 0 Å². The molecule has 1 atom stereocenters. The first-order chi connectivity index (χ1) is 12.8. The number of esters is 1. The van der Waals surface area contributed by atoms with E-state index in [-0.39, 0.29) is 6.61 Å². The number of rotatable bonds is 10. The first-order valence-electron chi connectivity index (χ1n) is 9.68. The van der Waals surface area contributed by atoms with Gasteiger partial charge in [-0.2, -0.15) is 0 Å². The predicted octanol–water partition coefficient (Wildman–Crippen LogP) is 5.15. The third kappa shape index (κ3) is 11.1. The van der Waals surface area contributed by atoms with Crippen molar-refractivity contribution < 1.29 is 19.1 Å². The van der Waals surface area contributed by atoms with Crippen LogP contribution in [-0.4, -0.2) is 23.7 Å². The fourth-order valence-corrected chi connectivity index (χ4v) is 2.36. The number of hydrogen-bond donors (Lipinski definition) is 1. The zero-order chi connectivity index (χ0) is 20.1. The van der Waals surface area contributed by atoms with Gasteiger partial charge in [-0.25, -0.2) is 9.59 Å². The van der Waals surface area contributed by atoms with Gasteiger partial charge in [0.2, 0.25) is 0 Å². The van der Waals surface area contributed by atoms with Gasteiger partial charge in [-0.05, 0) is 39.2 Å². The molecule has 150 valence electrons. The van der Waals surface area contributed by atoms with E-state index in [0.29, 0.717) is 0 Å². The molecule has 0 aliphatic heterocycles. The maximum absolute atomic E-state index is 12.4. The number of carbonyl (C=O) groups is 2. The van der Waals surface area contributed by atoms with Gasteiger partial charge in [0, 0.05) is 0 Å². The number of hydrogen-bond acceptors (Lipinski definition) is 4. The summed E-state index contributed by atoms with van der Waals surface area (Å²) in [5, 5.41) is 2.59. The van der Waals surface area contributed by atoms with Crippen LogP contribution in [0.25, 0.3) is 0 Å². The Morgan fingerprint density at radius 3 is 2.44 bits per heavy atom. The number of unbranched alkanes of at least 4 members (excludes halogenated alkanes) is 4. The van der Waals surface area contributed by atoms with Gasteiger partial charge < -0.3 is 14.8 Å². The molecule has 1 amide bonds. The molecule has 1 aromatic carbocycles. The van der Waals surface area contributed by atoms with Crippen molar-refractivity contribution in [2.45, 2.75) is 78.0 Å². The molecule has 1 aromatic rings. The second kappa shape index (κ2) is 12.2. The lowest BCUT2D eigenvalue weighted by Crippen LogP contribution is -2.43. The molecule has 0 aromatic heterocycles. The molecule has 0 saturated carbocycles. The van der Waals surface area contributed by atoms with Crippen molar-refractivity contribution in [2.75, 3.05) is 0 Å². The van der Waals surface area contributed by atoms with Crippen LogP contribution in [0, 0.1) is 0 Å². The molecule has 0 heterocycles. The number of benzene rings is 1. The minimum atomic E-state index is -0.866. The van der Waals surface area contributed by atoms with Gasteiger partial charge in [-0.1, -0.05) is 68.7 Å². The molecule has 0 saturated heterocycles. The fraction of sp³-hybridized carbons (Fsp3) is 0.545. The predicted molar refractivity (Wildman–Crippen MR) is 107 cm³/mol. The van der Waals surface area contributed by atoms with Crippen molar-refractivity contribution in [1.29, 1.82) is 0 Å². The molecule has 1 rings (SSSR count). The van der Waals surface area contributed by atoms with Crippen LogP contribution in [0.1, 0.15) is 65.4 Å². The lowest BCUT2D eigenvalue weighted by molar-refractivity contribution is -0.146. The third-order valence-electron chi connectivity index (χ3n) is 3.70. The molecule has 1 unspecified atom stereocenters. The Morgan fingerprint density at radius 2 is 1.81 bits per heavy atom. The highest BCUT2D eigenvalue weighted by atomic mass is 16.6. The Hall–Kier alpha value is -2.30. The Morgan fingerprint density at radius 1 is 1.11 bits per heavy atom. The quantitative estimate of drug-likeness (QED) is 0.349. The summed E-state index contributed by atoms with van der Waals surface area (Å²) in [5.74, 6) is -0.505. The molecular formula is C22H33NO4. The molecule has 0 aliphatic rings. The van der Waals surface area contributed by atoms with Crippen LogP contribution in [0.15, 0.2) is 42.5 Å². The summed E-state index contributed by atoms with van der Waals surface area (Å²) < 4.78 is 10.6. The van der Waals surface area contributed by atoms with Crippen LogP contribution in [0.2, 0.25) is 0 Å². The summed E-state index contributed by atoms with van der Waals surface area (Å²) in [7, 11) is 0. The Labute approximate surface area is 163 Å². The van der Waals surface area contributed by atoms with E-state index < -0.39 is 23.7 Å². The standard InChI is InChI=1S/C22H33NO4/c1-5-6-7-8-9-13-16-19(23-21(25)27-22(2,3)4)20(24)26-17-18-14-11-10-12-15-18/h10-16,19H,5-9,17H2,1-4H3,(H,23,25)/b16-13+. The van der Waals surface area contributed by atoms with Crippen LogP contribution in [-0.2, 0) is 20.9 Å². The molecule has 1 N–H and O–H groups in total. The maximum Gasteiger partial charge on any atom is 0.408 e. The first kappa shape index (κ1) is 22.7. The second-order valence-corrected chi connectivity index (χ2v) is 7.49. The monoisotopic (exact) mass is 375 g/mol. The van der Waals surface area contributed by atoms with E-state index in [0.717, 1.165) is 24.8 Å². The first-order valence-corrected chi connectivity index (χ1v) is 9.68. The lowest BCUT2D eigenvalue weighted by atomic mass is 10.1. The average molecular weight is 376 g/mol. The van der Waals surface area contributed by atoms with E-state index in [1.807, 2.05) is 36.4 Å². The number of ether oxygens (including phenoxy) is 2. The summed E-state index contributed by atoms with van der Waals surface area (Å²) in [6.07, 6.45) is 8.42. The molecular weight excluding hydrogens is 342 g/mol. The van der Waals surface area contributed by atoms with E-state index in [4.69, 9.17) is 9.47 Å². The Balaban J connectivity index is 2.63. The zero-order valence-electron chi connectivity index (χ0n) is 17.0. The lowest BCUT2D eigenvalue weighted by Gasteiger charge is -2.21. The summed E-state index contributed by atoms with van der Waals surface area (Å²) in [4.78, 5) is 24.5. The van der Waals surface area contributed by atoms with Gasteiger partial charge in [-0.15, -0.1) is 0 Å². The van der Waals surface area contributed by atoms with Crippen LogP contribution < -0.4 is 5.32 Å². The van der Waals surface area contributed by atoms with Crippen LogP contribution in [0.3, 0.4) is 0 Å². The molecule has 0 spiro atoms. The maximum atomic E-state index is 12.4. The average Bonchev–Trinajstić information content (AvgIpc) is 2.61. The minimum Gasteiger partial charge on any atom is -0.459 e. The Kier molecular flexibility index (Phi) is 10.2. The molecule has 5 heteroatoms. The molecule has 0 bridgehead atoms. The van der Waals surface area contributed by atoms with E-state index in [1.54, 1.807) is 26.8 Å². The van der Waals surface area contributed by atoms with E-state index in [1.165, 1.54) is 12.8 Å². The zero-order valence-corrected chi connectivity index (χ0v) is 17.0. The van der Waals surface area contributed by atoms with Crippen molar-refractivity contribution >= 4 is 12.1 Å². The number of nitrogens with one attached hydrogen (secondary N) is 1. The van der Waals surface area contributed by atoms with E-state index >= 15 is 0 Å². The smallest absolute Gasteiger partial charge is 0.408 e. The SMILES string of the molecule is CCCCCC/C=C/C(NC(=O)OC(C)(C)C)C(=O)OCc1ccccc1. The van der Waals surface area contributed by atoms with Gasteiger partial charge in [0.05, 0.1) is 0 Å². The Bertz CT molecular complexity index is 590. The van der Waals surface area contributed by atoms with Crippen LogP contribution in [0.5, 0.6) is 0 Å². The normalized spacial score (nSPS) is 12.6. The van der Waals surface area contributed by atoms with Crippen molar-refractivity contribution in [2.24, 2.45) is 0 Å². The summed E-state index contributed by atoms with van der Waals surface area (Å²) >= 11 is 0. The minimum absolute atomic E-state index is 0.163. The number of carbonyl (C=O) groups excluding carboxylic acids is 2. The highest BCUT2D eigenvalue weighted by Crippen LogP contribution is 2.09. The van der Waals surface area contributed by atoms with Gasteiger partial charge >= 0.3 is 12.1 Å². The third-order valence-corrected chi connectivity index (χ3v) is 3.70. The molecule has 5 nitrogen and oxygen atoms in total. The van der Waals surface area contributed by atoms with Gasteiger partial charge in [0.25, 0.3) is 0 Å². The van der Waals surface area contributed by atoms with Gasteiger partial charge in [-0.3, -0.25) is 0 Å². The van der Waals surface area contributed by atoms with Crippen molar-refractivity contribution in [3.8, 4) is 0 Å². The largest absolute Gasteiger partial charge is 0.459 e. The highest BCUT2D eigenvalue weighted by Gasteiger charge is 2.23.